The highest BCUT2D eigenvalue weighted by atomic mass is 32.2. The van der Waals surface area contributed by atoms with Gasteiger partial charge in [-0.2, -0.15) is 4.72 Å². The Balaban J connectivity index is 1.34. The van der Waals surface area contributed by atoms with Crippen molar-refractivity contribution in [3.63, 3.8) is 0 Å². The van der Waals surface area contributed by atoms with Gasteiger partial charge in [0.15, 0.2) is 5.13 Å². The Morgan fingerprint density at radius 3 is 2.42 bits per heavy atom. The van der Waals surface area contributed by atoms with Gasteiger partial charge in [0.25, 0.3) is 0 Å². The van der Waals surface area contributed by atoms with E-state index in [1.54, 1.807) is 11.1 Å². The van der Waals surface area contributed by atoms with E-state index in [0.29, 0.717) is 31.9 Å². The number of benzene rings is 1. The standard InChI is InChI=1S/C21H24N6O4S2/c1-14(25-33(30,31)17-7-5-16(6-8-17)23-15(2)28)20(29)26-10-12-27(13-11-26)21-24-18-4-3-9-22-19(18)32-21/h3-9,14,25H,10-13H2,1-2H3,(H,23,28)/t14-/m0/s1. The number of nitrogens with one attached hydrogen (secondary N) is 2. The number of sulfonamides is 1. The van der Waals surface area contributed by atoms with E-state index in [4.69, 9.17) is 0 Å². The van der Waals surface area contributed by atoms with Crippen LogP contribution in [0.5, 0.6) is 0 Å². The third-order valence-electron chi connectivity index (χ3n) is 5.20. The number of pyridine rings is 1. The fourth-order valence-electron chi connectivity index (χ4n) is 3.56. The van der Waals surface area contributed by atoms with Gasteiger partial charge in [-0.1, -0.05) is 11.3 Å². The van der Waals surface area contributed by atoms with Crippen LogP contribution < -0.4 is 14.9 Å². The number of hydrogen-bond acceptors (Lipinski definition) is 8. The Hall–Kier alpha value is -3.09. The van der Waals surface area contributed by atoms with Gasteiger partial charge in [-0.3, -0.25) is 9.59 Å². The summed E-state index contributed by atoms with van der Waals surface area (Å²) in [6.07, 6.45) is 1.74. The molecule has 174 valence electrons. The Bertz CT molecular complexity index is 1230. The van der Waals surface area contributed by atoms with Crippen LogP contribution >= 0.6 is 11.3 Å². The number of piperazine rings is 1. The van der Waals surface area contributed by atoms with Crippen LogP contribution in [0, 0.1) is 0 Å². The molecule has 1 aliphatic heterocycles. The van der Waals surface area contributed by atoms with Crippen molar-refractivity contribution < 1.29 is 18.0 Å². The fourth-order valence-corrected chi connectivity index (χ4v) is 5.71. The maximum atomic E-state index is 12.9. The van der Waals surface area contributed by atoms with E-state index in [-0.39, 0.29) is 16.7 Å². The molecule has 0 bridgehead atoms. The first kappa shape index (κ1) is 23.1. The van der Waals surface area contributed by atoms with Crippen LogP contribution in [0.25, 0.3) is 10.3 Å². The first-order valence-corrected chi connectivity index (χ1v) is 12.7. The Labute approximate surface area is 195 Å². The maximum Gasteiger partial charge on any atom is 0.241 e. The smallest absolute Gasteiger partial charge is 0.241 e. The van der Waals surface area contributed by atoms with Gasteiger partial charge >= 0.3 is 0 Å². The van der Waals surface area contributed by atoms with Crippen LogP contribution in [-0.4, -0.2) is 67.3 Å². The molecule has 0 radical (unpaired) electrons. The minimum absolute atomic E-state index is 0.0190. The van der Waals surface area contributed by atoms with E-state index in [0.717, 1.165) is 15.5 Å². The fraction of sp³-hybridized carbons (Fsp3) is 0.333. The summed E-state index contributed by atoms with van der Waals surface area (Å²) >= 11 is 1.51. The van der Waals surface area contributed by atoms with E-state index < -0.39 is 16.1 Å². The lowest BCUT2D eigenvalue weighted by molar-refractivity contribution is -0.132. The molecule has 2 amide bonds. The van der Waals surface area contributed by atoms with Gasteiger partial charge in [-0.15, -0.1) is 0 Å². The molecule has 1 atom stereocenters. The minimum Gasteiger partial charge on any atom is -0.344 e. The Morgan fingerprint density at radius 2 is 1.79 bits per heavy atom. The number of carbonyl (C=O) groups excluding carboxylic acids is 2. The summed E-state index contributed by atoms with van der Waals surface area (Å²) in [6.45, 7) is 5.07. The number of hydrogen-bond donors (Lipinski definition) is 2. The van der Waals surface area contributed by atoms with Gasteiger partial charge in [0, 0.05) is 45.0 Å². The van der Waals surface area contributed by atoms with Crippen LogP contribution in [-0.2, 0) is 19.6 Å². The molecule has 33 heavy (non-hydrogen) atoms. The number of aromatic nitrogens is 2. The average Bonchev–Trinajstić information content (AvgIpc) is 3.23. The SMILES string of the molecule is CC(=O)Nc1ccc(S(=O)(=O)N[C@@H](C)C(=O)N2CCN(c3nc4cccnc4s3)CC2)cc1. The Morgan fingerprint density at radius 1 is 1.09 bits per heavy atom. The highest BCUT2D eigenvalue weighted by molar-refractivity contribution is 7.89. The number of rotatable bonds is 6. The van der Waals surface area contributed by atoms with E-state index in [9.17, 15) is 18.0 Å². The highest BCUT2D eigenvalue weighted by Gasteiger charge is 2.29. The van der Waals surface area contributed by atoms with Crippen molar-refractivity contribution in [2.45, 2.75) is 24.8 Å². The topological polar surface area (TPSA) is 125 Å². The molecule has 0 spiro atoms. The van der Waals surface area contributed by atoms with Gasteiger partial charge < -0.3 is 15.1 Å². The summed E-state index contributed by atoms with van der Waals surface area (Å²) in [7, 11) is -3.89. The maximum absolute atomic E-state index is 12.9. The number of fused-ring (bicyclic) bond motifs is 1. The number of amides is 2. The monoisotopic (exact) mass is 488 g/mol. The third-order valence-corrected chi connectivity index (χ3v) is 7.80. The summed E-state index contributed by atoms with van der Waals surface area (Å²) < 4.78 is 27.8. The first-order chi connectivity index (χ1) is 15.7. The molecular weight excluding hydrogens is 464 g/mol. The molecule has 0 saturated carbocycles. The molecule has 0 unspecified atom stereocenters. The number of thiazole rings is 1. The zero-order chi connectivity index (χ0) is 23.6. The van der Waals surface area contributed by atoms with Crippen LogP contribution in [0.4, 0.5) is 10.8 Å². The van der Waals surface area contributed by atoms with Gasteiger partial charge in [-0.05, 0) is 43.3 Å². The van der Waals surface area contributed by atoms with E-state index in [2.05, 4.69) is 24.9 Å². The second-order valence-corrected chi connectivity index (χ2v) is 10.4. The molecule has 3 aromatic rings. The van der Waals surface area contributed by atoms with Crippen LogP contribution in [0.15, 0.2) is 47.5 Å². The molecule has 12 heteroatoms. The molecule has 1 aromatic carbocycles. The van der Waals surface area contributed by atoms with Gasteiger partial charge in [0.1, 0.15) is 10.3 Å². The number of nitrogens with zero attached hydrogens (tertiary/aromatic N) is 4. The van der Waals surface area contributed by atoms with Crippen LogP contribution in [0.3, 0.4) is 0 Å². The van der Waals surface area contributed by atoms with Gasteiger partial charge in [-0.25, -0.2) is 18.4 Å². The van der Waals surface area contributed by atoms with Crippen molar-refractivity contribution in [3.8, 4) is 0 Å². The molecule has 2 aromatic heterocycles. The summed E-state index contributed by atoms with van der Waals surface area (Å²) in [5.74, 6) is -0.526. The second kappa shape index (κ2) is 9.41. The number of carbonyl (C=O) groups is 2. The van der Waals surface area contributed by atoms with Crippen LogP contribution in [0.1, 0.15) is 13.8 Å². The van der Waals surface area contributed by atoms with Gasteiger partial charge in [0.2, 0.25) is 21.8 Å². The molecule has 1 aliphatic rings. The molecular formula is C21H24N6O4S2. The largest absolute Gasteiger partial charge is 0.344 e. The molecule has 2 N–H and O–H groups in total. The lowest BCUT2D eigenvalue weighted by Gasteiger charge is -2.35. The Kier molecular flexibility index (Phi) is 6.58. The van der Waals surface area contributed by atoms with Crippen molar-refractivity contribution in [1.82, 2.24) is 19.6 Å². The third kappa shape index (κ3) is 5.29. The van der Waals surface area contributed by atoms with Crippen molar-refractivity contribution >= 4 is 54.3 Å². The number of anilines is 2. The summed E-state index contributed by atoms with van der Waals surface area (Å²) in [6, 6.07) is 8.62. The van der Waals surface area contributed by atoms with E-state index in [1.165, 1.54) is 49.4 Å². The zero-order valence-electron chi connectivity index (χ0n) is 18.2. The van der Waals surface area contributed by atoms with Crippen molar-refractivity contribution in [3.05, 3.63) is 42.6 Å². The lowest BCUT2D eigenvalue weighted by Crippen LogP contribution is -2.54. The van der Waals surface area contributed by atoms with E-state index in [1.807, 2.05) is 12.1 Å². The van der Waals surface area contributed by atoms with E-state index >= 15 is 0 Å². The minimum atomic E-state index is -3.89. The highest BCUT2D eigenvalue weighted by Crippen LogP contribution is 2.27. The van der Waals surface area contributed by atoms with Crippen LogP contribution in [0.2, 0.25) is 0 Å². The molecule has 1 saturated heterocycles. The summed E-state index contributed by atoms with van der Waals surface area (Å²) in [5, 5.41) is 3.45. The summed E-state index contributed by atoms with van der Waals surface area (Å²) in [5.41, 5.74) is 1.34. The molecule has 3 heterocycles. The van der Waals surface area contributed by atoms with Crippen molar-refractivity contribution in [1.29, 1.82) is 0 Å². The molecule has 10 nitrogen and oxygen atoms in total. The molecule has 1 fully saturated rings. The van der Waals surface area contributed by atoms with Crippen molar-refractivity contribution in [2.24, 2.45) is 0 Å². The zero-order valence-corrected chi connectivity index (χ0v) is 19.8. The quantitative estimate of drug-likeness (QED) is 0.541. The second-order valence-electron chi connectivity index (χ2n) is 7.68. The molecule has 0 aliphatic carbocycles. The van der Waals surface area contributed by atoms with Crippen molar-refractivity contribution in [2.75, 3.05) is 36.4 Å². The predicted molar refractivity (Wildman–Crippen MR) is 127 cm³/mol. The normalized spacial score (nSPS) is 15.5. The first-order valence-electron chi connectivity index (χ1n) is 10.4. The predicted octanol–water partition coefficient (Wildman–Crippen LogP) is 1.67. The average molecular weight is 489 g/mol. The lowest BCUT2D eigenvalue weighted by atomic mass is 10.2. The van der Waals surface area contributed by atoms with Gasteiger partial charge in [0.05, 0.1) is 10.9 Å². The summed E-state index contributed by atoms with van der Waals surface area (Å²) in [4.78, 5) is 37.6. The molecule has 4 rings (SSSR count).